The van der Waals surface area contributed by atoms with Crippen molar-refractivity contribution in [3.05, 3.63) is 34.3 Å². The molecule has 1 aromatic carbocycles. The molecular weight excluding hydrogens is 248 g/mol. The van der Waals surface area contributed by atoms with Crippen LogP contribution < -0.4 is 11.1 Å². The molecule has 1 fully saturated rings. The lowest BCUT2D eigenvalue weighted by molar-refractivity contribution is 0.0925. The molecule has 0 aliphatic heterocycles. The summed E-state index contributed by atoms with van der Waals surface area (Å²) in [5, 5.41) is 3.66. The molecule has 18 heavy (non-hydrogen) atoms. The topological polar surface area (TPSA) is 55.1 Å². The maximum Gasteiger partial charge on any atom is 0.251 e. The first-order chi connectivity index (χ1) is 8.56. The molecule has 2 rings (SSSR count). The highest BCUT2D eigenvalue weighted by molar-refractivity contribution is 6.31. The van der Waals surface area contributed by atoms with E-state index in [2.05, 4.69) is 5.32 Å². The molecule has 1 aromatic rings. The van der Waals surface area contributed by atoms with Gasteiger partial charge in [0.1, 0.15) is 0 Å². The molecule has 98 valence electrons. The van der Waals surface area contributed by atoms with Gasteiger partial charge in [0, 0.05) is 22.7 Å². The third-order valence-electron chi connectivity index (χ3n) is 3.55. The summed E-state index contributed by atoms with van der Waals surface area (Å²) in [5.41, 5.74) is 7.47. The number of hydrogen-bond donors (Lipinski definition) is 2. The van der Waals surface area contributed by atoms with Gasteiger partial charge in [-0.05, 0) is 50.3 Å². The van der Waals surface area contributed by atoms with Crippen LogP contribution in [0.5, 0.6) is 0 Å². The minimum Gasteiger partial charge on any atom is -0.349 e. The molecule has 0 saturated heterocycles. The van der Waals surface area contributed by atoms with Crippen molar-refractivity contribution in [3.63, 3.8) is 0 Å². The maximum absolute atomic E-state index is 12.2. The molecule has 4 heteroatoms. The molecule has 0 radical (unpaired) electrons. The van der Waals surface area contributed by atoms with Crippen LogP contribution in [0.1, 0.15) is 41.6 Å². The van der Waals surface area contributed by atoms with Crippen molar-refractivity contribution in [2.45, 2.75) is 44.7 Å². The number of amides is 1. The van der Waals surface area contributed by atoms with Crippen molar-refractivity contribution in [2.75, 3.05) is 0 Å². The van der Waals surface area contributed by atoms with Crippen LogP contribution in [0.4, 0.5) is 0 Å². The Morgan fingerprint density at radius 1 is 1.33 bits per heavy atom. The minimum absolute atomic E-state index is 0.0320. The molecule has 1 amide bonds. The maximum atomic E-state index is 12.2. The van der Waals surface area contributed by atoms with E-state index in [0.29, 0.717) is 16.6 Å². The number of nitrogens with one attached hydrogen (secondary N) is 1. The molecule has 1 aliphatic rings. The Hall–Kier alpha value is -1.06. The van der Waals surface area contributed by atoms with E-state index < -0.39 is 0 Å². The van der Waals surface area contributed by atoms with Crippen LogP contribution in [-0.4, -0.2) is 18.0 Å². The Morgan fingerprint density at radius 3 is 2.67 bits per heavy atom. The fraction of sp³-hybridized carbons (Fsp3) is 0.500. The van der Waals surface area contributed by atoms with Crippen LogP contribution in [0.2, 0.25) is 5.02 Å². The third kappa shape index (κ3) is 3.24. The zero-order valence-corrected chi connectivity index (χ0v) is 11.3. The SMILES string of the molecule is Cc1ccc(Cl)cc1C(=O)NC1CCC(N)CC1. The van der Waals surface area contributed by atoms with E-state index in [0.717, 1.165) is 31.2 Å². The Morgan fingerprint density at radius 2 is 2.00 bits per heavy atom. The van der Waals surface area contributed by atoms with Gasteiger partial charge in [-0.15, -0.1) is 0 Å². The van der Waals surface area contributed by atoms with E-state index in [9.17, 15) is 4.79 Å². The Bertz CT molecular complexity index is 439. The number of hydrogen-bond acceptors (Lipinski definition) is 2. The summed E-state index contributed by atoms with van der Waals surface area (Å²) < 4.78 is 0. The van der Waals surface area contributed by atoms with Crippen LogP contribution in [0.25, 0.3) is 0 Å². The summed E-state index contributed by atoms with van der Waals surface area (Å²) in [7, 11) is 0. The van der Waals surface area contributed by atoms with Crippen molar-refractivity contribution in [1.29, 1.82) is 0 Å². The predicted molar refractivity (Wildman–Crippen MR) is 73.9 cm³/mol. The summed E-state index contributed by atoms with van der Waals surface area (Å²) in [6, 6.07) is 5.93. The average Bonchev–Trinajstić information content (AvgIpc) is 2.35. The molecule has 0 spiro atoms. The van der Waals surface area contributed by atoms with Gasteiger partial charge in [0.15, 0.2) is 0 Å². The lowest BCUT2D eigenvalue weighted by Crippen LogP contribution is -2.40. The minimum atomic E-state index is -0.0320. The number of benzene rings is 1. The summed E-state index contributed by atoms with van der Waals surface area (Å²) in [4.78, 5) is 12.2. The molecular formula is C14H19ClN2O. The van der Waals surface area contributed by atoms with Crippen molar-refractivity contribution >= 4 is 17.5 Å². The Balaban J connectivity index is 2.01. The smallest absolute Gasteiger partial charge is 0.251 e. The van der Waals surface area contributed by atoms with Gasteiger partial charge in [0.05, 0.1) is 0 Å². The van der Waals surface area contributed by atoms with Gasteiger partial charge in [-0.25, -0.2) is 0 Å². The van der Waals surface area contributed by atoms with Gasteiger partial charge < -0.3 is 11.1 Å². The Labute approximate surface area is 113 Å². The van der Waals surface area contributed by atoms with E-state index in [1.807, 2.05) is 13.0 Å². The molecule has 3 nitrogen and oxygen atoms in total. The molecule has 0 aromatic heterocycles. The van der Waals surface area contributed by atoms with Gasteiger partial charge in [0.2, 0.25) is 0 Å². The quantitative estimate of drug-likeness (QED) is 0.865. The standard InChI is InChI=1S/C14H19ClN2O/c1-9-2-3-10(15)8-13(9)14(18)17-12-6-4-11(16)5-7-12/h2-3,8,11-12H,4-7,16H2,1H3,(H,17,18). The second kappa shape index (κ2) is 5.72. The molecule has 0 unspecified atom stereocenters. The number of nitrogens with two attached hydrogens (primary N) is 1. The van der Waals surface area contributed by atoms with Gasteiger partial charge in [-0.1, -0.05) is 17.7 Å². The highest BCUT2D eigenvalue weighted by Gasteiger charge is 2.21. The first-order valence-corrected chi connectivity index (χ1v) is 6.76. The van der Waals surface area contributed by atoms with Gasteiger partial charge in [-0.2, -0.15) is 0 Å². The molecule has 0 atom stereocenters. The summed E-state index contributed by atoms with van der Waals surface area (Å²) in [5.74, 6) is -0.0320. The molecule has 0 heterocycles. The summed E-state index contributed by atoms with van der Waals surface area (Å²) in [6.45, 7) is 1.92. The molecule has 0 bridgehead atoms. The van der Waals surface area contributed by atoms with Crippen LogP contribution in [-0.2, 0) is 0 Å². The number of halogens is 1. The van der Waals surface area contributed by atoms with E-state index in [-0.39, 0.29) is 11.9 Å². The molecule has 1 saturated carbocycles. The highest BCUT2D eigenvalue weighted by atomic mass is 35.5. The third-order valence-corrected chi connectivity index (χ3v) is 3.79. The summed E-state index contributed by atoms with van der Waals surface area (Å²) in [6.07, 6.45) is 3.90. The van der Waals surface area contributed by atoms with E-state index >= 15 is 0 Å². The normalized spacial score (nSPS) is 23.7. The van der Waals surface area contributed by atoms with Crippen molar-refractivity contribution in [3.8, 4) is 0 Å². The van der Waals surface area contributed by atoms with Crippen LogP contribution in [0, 0.1) is 6.92 Å². The fourth-order valence-corrected chi connectivity index (χ4v) is 2.54. The molecule has 3 N–H and O–H groups in total. The first-order valence-electron chi connectivity index (χ1n) is 6.39. The van der Waals surface area contributed by atoms with Crippen LogP contribution in [0.3, 0.4) is 0 Å². The zero-order chi connectivity index (χ0) is 13.1. The Kier molecular flexibility index (Phi) is 4.25. The first kappa shape index (κ1) is 13.4. The predicted octanol–water partition coefficient (Wildman–Crippen LogP) is 2.65. The van der Waals surface area contributed by atoms with E-state index in [1.54, 1.807) is 12.1 Å². The highest BCUT2D eigenvalue weighted by Crippen LogP contribution is 2.19. The van der Waals surface area contributed by atoms with E-state index in [1.165, 1.54) is 0 Å². The second-order valence-corrected chi connectivity index (χ2v) is 5.48. The lowest BCUT2D eigenvalue weighted by atomic mass is 9.91. The van der Waals surface area contributed by atoms with E-state index in [4.69, 9.17) is 17.3 Å². The zero-order valence-electron chi connectivity index (χ0n) is 10.6. The number of carbonyl (C=O) groups is 1. The lowest BCUT2D eigenvalue weighted by Gasteiger charge is -2.27. The number of aryl methyl sites for hydroxylation is 1. The van der Waals surface area contributed by atoms with Crippen molar-refractivity contribution in [1.82, 2.24) is 5.32 Å². The fourth-order valence-electron chi connectivity index (χ4n) is 2.37. The van der Waals surface area contributed by atoms with Crippen molar-refractivity contribution in [2.24, 2.45) is 5.73 Å². The van der Waals surface area contributed by atoms with Crippen molar-refractivity contribution < 1.29 is 4.79 Å². The molecule has 1 aliphatic carbocycles. The van der Waals surface area contributed by atoms with Gasteiger partial charge in [-0.3, -0.25) is 4.79 Å². The largest absolute Gasteiger partial charge is 0.349 e. The van der Waals surface area contributed by atoms with Gasteiger partial charge >= 0.3 is 0 Å². The second-order valence-electron chi connectivity index (χ2n) is 5.04. The monoisotopic (exact) mass is 266 g/mol. The average molecular weight is 267 g/mol. The van der Waals surface area contributed by atoms with Gasteiger partial charge in [0.25, 0.3) is 5.91 Å². The summed E-state index contributed by atoms with van der Waals surface area (Å²) >= 11 is 5.93. The number of carbonyl (C=O) groups excluding carboxylic acids is 1. The van der Waals surface area contributed by atoms with Crippen LogP contribution in [0.15, 0.2) is 18.2 Å². The van der Waals surface area contributed by atoms with Crippen LogP contribution >= 0.6 is 11.6 Å². The number of rotatable bonds is 2.